The number of hydrogen-bond acceptors (Lipinski definition) is 3. The van der Waals surface area contributed by atoms with Gasteiger partial charge in [0.25, 0.3) is 0 Å². The molecule has 86 valence electrons. The maximum absolute atomic E-state index is 12.2. The van der Waals surface area contributed by atoms with Gasteiger partial charge in [0.2, 0.25) is 0 Å². The Balaban J connectivity index is 2.49. The number of anilines is 2. The van der Waals surface area contributed by atoms with Crippen LogP contribution in [0.25, 0.3) is 0 Å². The van der Waals surface area contributed by atoms with Crippen LogP contribution in [-0.4, -0.2) is 5.78 Å². The molecule has 3 heteroatoms. The average molecular weight is 226 g/mol. The van der Waals surface area contributed by atoms with Crippen LogP contribution >= 0.6 is 0 Å². The molecule has 0 heterocycles. The molecule has 0 bridgehead atoms. The highest BCUT2D eigenvalue weighted by Crippen LogP contribution is 2.25. The van der Waals surface area contributed by atoms with Crippen molar-refractivity contribution in [2.75, 3.05) is 11.5 Å². The van der Waals surface area contributed by atoms with Crippen LogP contribution < -0.4 is 11.5 Å². The highest BCUT2D eigenvalue weighted by Gasteiger charge is 2.14. The largest absolute Gasteiger partial charge is 0.397 e. The lowest BCUT2D eigenvalue weighted by Gasteiger charge is -2.09. The van der Waals surface area contributed by atoms with Gasteiger partial charge >= 0.3 is 0 Å². The van der Waals surface area contributed by atoms with Crippen molar-refractivity contribution in [3.8, 4) is 0 Å². The fourth-order valence-corrected chi connectivity index (χ4v) is 1.69. The molecule has 0 atom stereocenters. The molecule has 0 aromatic heterocycles. The standard InChI is InChI=1S/C14H14N2O/c1-9-7-8-11(13(16)12(9)15)14(17)10-5-3-2-4-6-10/h2-8H,15-16H2,1H3. The van der Waals surface area contributed by atoms with Crippen molar-refractivity contribution in [1.29, 1.82) is 0 Å². The zero-order valence-electron chi connectivity index (χ0n) is 9.60. The third-order valence-corrected chi connectivity index (χ3v) is 2.79. The minimum absolute atomic E-state index is 0.102. The van der Waals surface area contributed by atoms with Gasteiger partial charge in [-0.05, 0) is 18.6 Å². The lowest BCUT2D eigenvalue weighted by atomic mass is 9.99. The Bertz CT molecular complexity index is 562. The minimum Gasteiger partial charge on any atom is -0.397 e. The van der Waals surface area contributed by atoms with Crippen molar-refractivity contribution >= 4 is 17.2 Å². The van der Waals surface area contributed by atoms with Crippen molar-refractivity contribution in [3.63, 3.8) is 0 Å². The molecule has 2 aromatic carbocycles. The maximum Gasteiger partial charge on any atom is 0.195 e. The Morgan fingerprint density at radius 2 is 1.59 bits per heavy atom. The zero-order valence-corrected chi connectivity index (χ0v) is 9.60. The van der Waals surface area contributed by atoms with Crippen LogP contribution in [0.4, 0.5) is 11.4 Å². The van der Waals surface area contributed by atoms with Gasteiger partial charge in [-0.25, -0.2) is 0 Å². The lowest BCUT2D eigenvalue weighted by Crippen LogP contribution is -2.08. The number of aryl methyl sites for hydroxylation is 1. The van der Waals surface area contributed by atoms with Gasteiger partial charge in [-0.2, -0.15) is 0 Å². The number of rotatable bonds is 2. The van der Waals surface area contributed by atoms with E-state index in [4.69, 9.17) is 11.5 Å². The highest BCUT2D eigenvalue weighted by atomic mass is 16.1. The molecule has 0 unspecified atom stereocenters. The molecule has 0 saturated carbocycles. The fraction of sp³-hybridized carbons (Fsp3) is 0.0714. The molecule has 0 fully saturated rings. The number of hydrogen-bond donors (Lipinski definition) is 2. The van der Waals surface area contributed by atoms with Gasteiger partial charge in [-0.3, -0.25) is 4.79 Å². The van der Waals surface area contributed by atoms with Gasteiger partial charge in [0, 0.05) is 11.1 Å². The first-order chi connectivity index (χ1) is 8.11. The Hall–Kier alpha value is -2.29. The van der Waals surface area contributed by atoms with Crippen LogP contribution in [-0.2, 0) is 0 Å². The third-order valence-electron chi connectivity index (χ3n) is 2.79. The summed E-state index contributed by atoms with van der Waals surface area (Å²) in [6.07, 6.45) is 0. The molecule has 0 amide bonds. The molecule has 3 nitrogen and oxygen atoms in total. The smallest absolute Gasteiger partial charge is 0.195 e. The molecule has 0 aliphatic rings. The quantitative estimate of drug-likeness (QED) is 0.610. The highest BCUT2D eigenvalue weighted by molar-refractivity contribution is 6.13. The number of nitrogen functional groups attached to an aromatic ring is 2. The van der Waals surface area contributed by atoms with E-state index in [1.54, 1.807) is 18.2 Å². The zero-order chi connectivity index (χ0) is 12.4. The molecule has 2 aromatic rings. The summed E-state index contributed by atoms with van der Waals surface area (Å²) < 4.78 is 0. The minimum atomic E-state index is -0.102. The molecule has 17 heavy (non-hydrogen) atoms. The molecule has 0 spiro atoms. The third kappa shape index (κ3) is 1.99. The summed E-state index contributed by atoms with van der Waals surface area (Å²) in [5, 5.41) is 0. The number of nitrogens with two attached hydrogens (primary N) is 2. The summed E-state index contributed by atoms with van der Waals surface area (Å²) in [4.78, 5) is 12.2. The van der Waals surface area contributed by atoms with Crippen LogP contribution in [0.2, 0.25) is 0 Å². The summed E-state index contributed by atoms with van der Waals surface area (Å²) in [6, 6.07) is 12.6. The van der Waals surface area contributed by atoms with E-state index in [9.17, 15) is 4.79 Å². The van der Waals surface area contributed by atoms with E-state index >= 15 is 0 Å². The predicted octanol–water partition coefficient (Wildman–Crippen LogP) is 2.39. The van der Waals surface area contributed by atoms with E-state index in [1.165, 1.54) is 0 Å². The van der Waals surface area contributed by atoms with Gasteiger partial charge < -0.3 is 11.5 Å². The first-order valence-electron chi connectivity index (χ1n) is 5.35. The van der Waals surface area contributed by atoms with E-state index in [0.717, 1.165) is 5.56 Å². The average Bonchev–Trinajstić information content (AvgIpc) is 2.36. The van der Waals surface area contributed by atoms with Crippen LogP contribution in [0.5, 0.6) is 0 Å². The first kappa shape index (κ1) is 11.2. The Morgan fingerprint density at radius 1 is 0.941 bits per heavy atom. The van der Waals surface area contributed by atoms with E-state index in [-0.39, 0.29) is 5.78 Å². The monoisotopic (exact) mass is 226 g/mol. The van der Waals surface area contributed by atoms with Crippen molar-refractivity contribution in [1.82, 2.24) is 0 Å². The summed E-state index contributed by atoms with van der Waals surface area (Å²) in [7, 11) is 0. The topological polar surface area (TPSA) is 69.1 Å². The summed E-state index contributed by atoms with van der Waals surface area (Å²) >= 11 is 0. The molecule has 0 aliphatic carbocycles. The van der Waals surface area contributed by atoms with Gasteiger partial charge in [0.1, 0.15) is 0 Å². The lowest BCUT2D eigenvalue weighted by molar-refractivity contribution is 0.103. The number of carbonyl (C=O) groups is 1. The van der Waals surface area contributed by atoms with E-state index in [2.05, 4.69) is 0 Å². The predicted molar refractivity (Wildman–Crippen MR) is 69.9 cm³/mol. The van der Waals surface area contributed by atoms with Gasteiger partial charge in [-0.1, -0.05) is 36.4 Å². The molecule has 0 aliphatic heterocycles. The van der Waals surface area contributed by atoms with Gasteiger partial charge in [0.15, 0.2) is 5.78 Å². The second kappa shape index (κ2) is 4.29. The normalized spacial score (nSPS) is 10.2. The maximum atomic E-state index is 12.2. The second-order valence-electron chi connectivity index (χ2n) is 3.95. The van der Waals surface area contributed by atoms with E-state index in [1.807, 2.05) is 31.2 Å². The van der Waals surface area contributed by atoms with Gasteiger partial charge in [-0.15, -0.1) is 0 Å². The van der Waals surface area contributed by atoms with Crippen LogP contribution in [0.15, 0.2) is 42.5 Å². The van der Waals surface area contributed by atoms with Crippen LogP contribution in [0.3, 0.4) is 0 Å². The SMILES string of the molecule is Cc1ccc(C(=O)c2ccccc2)c(N)c1N. The molecule has 0 saturated heterocycles. The Kier molecular flexibility index (Phi) is 2.83. The van der Waals surface area contributed by atoms with E-state index in [0.29, 0.717) is 22.5 Å². The fourth-order valence-electron chi connectivity index (χ4n) is 1.69. The van der Waals surface area contributed by atoms with E-state index < -0.39 is 0 Å². The summed E-state index contributed by atoms with van der Waals surface area (Å²) in [6.45, 7) is 1.86. The van der Waals surface area contributed by atoms with Crippen molar-refractivity contribution in [2.45, 2.75) is 6.92 Å². The Labute approximate surface area is 100 Å². The van der Waals surface area contributed by atoms with Gasteiger partial charge in [0.05, 0.1) is 11.4 Å². The molecular weight excluding hydrogens is 212 g/mol. The van der Waals surface area contributed by atoms with Crippen LogP contribution in [0, 0.1) is 6.92 Å². The van der Waals surface area contributed by atoms with Crippen molar-refractivity contribution < 1.29 is 4.79 Å². The molecule has 2 rings (SSSR count). The molecule has 4 N–H and O–H groups in total. The molecule has 0 radical (unpaired) electrons. The van der Waals surface area contributed by atoms with Crippen molar-refractivity contribution in [2.24, 2.45) is 0 Å². The Morgan fingerprint density at radius 3 is 2.24 bits per heavy atom. The molecular formula is C14H14N2O. The summed E-state index contributed by atoms with van der Waals surface area (Å²) in [5.41, 5.74) is 14.5. The second-order valence-corrected chi connectivity index (χ2v) is 3.95. The number of carbonyl (C=O) groups excluding carboxylic acids is 1. The van der Waals surface area contributed by atoms with Crippen molar-refractivity contribution in [3.05, 3.63) is 59.2 Å². The number of ketones is 1. The first-order valence-corrected chi connectivity index (χ1v) is 5.35. The van der Waals surface area contributed by atoms with Crippen LogP contribution in [0.1, 0.15) is 21.5 Å². The number of benzene rings is 2. The summed E-state index contributed by atoms with van der Waals surface area (Å²) in [5.74, 6) is -0.102.